The van der Waals surface area contributed by atoms with Gasteiger partial charge < -0.3 is 5.32 Å². The van der Waals surface area contributed by atoms with E-state index in [0.717, 1.165) is 15.9 Å². The Kier molecular flexibility index (Phi) is 3.74. The monoisotopic (exact) mass is 319 g/mol. The number of rotatable bonds is 3. The van der Waals surface area contributed by atoms with Crippen LogP contribution in [0.2, 0.25) is 10.0 Å². The zero-order chi connectivity index (χ0) is 11.5. The Morgan fingerprint density at radius 1 is 1.25 bits per heavy atom. The van der Waals surface area contributed by atoms with Crippen molar-refractivity contribution >= 4 is 44.8 Å². The Hall–Kier alpha value is -0.710. The van der Waals surface area contributed by atoms with Gasteiger partial charge in [-0.05, 0) is 34.1 Å². The van der Waals surface area contributed by atoms with Gasteiger partial charge in [0.25, 0.3) is 0 Å². The van der Waals surface area contributed by atoms with Crippen molar-refractivity contribution in [3.05, 3.63) is 44.6 Å². The first-order valence-electron chi connectivity index (χ1n) is 4.54. The first-order chi connectivity index (χ1) is 7.68. The van der Waals surface area contributed by atoms with Crippen LogP contribution in [0.15, 0.2) is 28.9 Å². The lowest BCUT2D eigenvalue weighted by Crippen LogP contribution is -2.00. The SMILES string of the molecule is Clc1c(Br)ccc(NCc2ccn[nH]2)c1Cl. The van der Waals surface area contributed by atoms with E-state index in [0.29, 0.717) is 16.6 Å². The lowest BCUT2D eigenvalue weighted by molar-refractivity contribution is 0.981. The molecule has 0 spiro atoms. The highest BCUT2D eigenvalue weighted by molar-refractivity contribution is 9.10. The molecule has 1 aromatic heterocycles. The van der Waals surface area contributed by atoms with Gasteiger partial charge in [-0.3, -0.25) is 5.10 Å². The minimum absolute atomic E-state index is 0.510. The maximum atomic E-state index is 6.09. The molecule has 0 saturated carbocycles. The van der Waals surface area contributed by atoms with E-state index in [1.165, 1.54) is 0 Å². The molecular weight excluding hydrogens is 313 g/mol. The van der Waals surface area contributed by atoms with Gasteiger partial charge in [0.2, 0.25) is 0 Å². The first-order valence-corrected chi connectivity index (χ1v) is 6.09. The summed E-state index contributed by atoms with van der Waals surface area (Å²) in [6.45, 7) is 0.623. The molecule has 6 heteroatoms. The van der Waals surface area contributed by atoms with Crippen LogP contribution in [-0.4, -0.2) is 10.2 Å². The van der Waals surface area contributed by atoms with Gasteiger partial charge in [-0.2, -0.15) is 5.10 Å². The second-order valence-electron chi connectivity index (χ2n) is 3.16. The molecule has 2 rings (SSSR count). The van der Waals surface area contributed by atoms with Crippen LogP contribution >= 0.6 is 39.1 Å². The molecule has 2 aromatic rings. The van der Waals surface area contributed by atoms with Gasteiger partial charge in [0.15, 0.2) is 0 Å². The van der Waals surface area contributed by atoms with Gasteiger partial charge in [0.05, 0.1) is 28.0 Å². The van der Waals surface area contributed by atoms with Gasteiger partial charge in [-0.1, -0.05) is 23.2 Å². The van der Waals surface area contributed by atoms with Crippen LogP contribution in [0, 0.1) is 0 Å². The molecule has 0 aliphatic carbocycles. The topological polar surface area (TPSA) is 40.7 Å². The average Bonchev–Trinajstić information content (AvgIpc) is 2.78. The van der Waals surface area contributed by atoms with E-state index in [1.54, 1.807) is 6.20 Å². The fourth-order valence-corrected chi connectivity index (χ4v) is 2.08. The summed E-state index contributed by atoms with van der Waals surface area (Å²) in [5.41, 5.74) is 1.78. The molecule has 0 radical (unpaired) electrons. The molecule has 1 heterocycles. The minimum atomic E-state index is 0.510. The largest absolute Gasteiger partial charge is 0.378 e. The van der Waals surface area contributed by atoms with Crippen LogP contribution in [0.5, 0.6) is 0 Å². The maximum absolute atomic E-state index is 6.09. The molecule has 0 unspecified atom stereocenters. The number of nitrogens with one attached hydrogen (secondary N) is 2. The molecule has 0 bridgehead atoms. The number of halogens is 3. The molecule has 0 atom stereocenters. The Labute approximate surface area is 111 Å². The normalized spacial score (nSPS) is 10.4. The molecule has 0 amide bonds. The molecule has 0 aliphatic rings. The van der Waals surface area contributed by atoms with Gasteiger partial charge in [-0.15, -0.1) is 0 Å². The third-order valence-corrected chi connectivity index (χ3v) is 3.83. The van der Waals surface area contributed by atoms with E-state index in [9.17, 15) is 0 Å². The summed E-state index contributed by atoms with van der Waals surface area (Å²) in [4.78, 5) is 0. The van der Waals surface area contributed by atoms with Gasteiger partial charge in [0, 0.05) is 10.7 Å². The second-order valence-corrected chi connectivity index (χ2v) is 4.77. The second kappa shape index (κ2) is 5.08. The van der Waals surface area contributed by atoms with E-state index in [4.69, 9.17) is 23.2 Å². The zero-order valence-electron chi connectivity index (χ0n) is 8.10. The van der Waals surface area contributed by atoms with E-state index in [-0.39, 0.29) is 0 Å². The third-order valence-electron chi connectivity index (χ3n) is 2.06. The Morgan fingerprint density at radius 3 is 2.75 bits per heavy atom. The van der Waals surface area contributed by atoms with Crippen molar-refractivity contribution in [2.75, 3.05) is 5.32 Å². The molecule has 0 saturated heterocycles. The number of benzene rings is 1. The van der Waals surface area contributed by atoms with Crippen molar-refractivity contribution in [1.82, 2.24) is 10.2 Å². The molecule has 3 nitrogen and oxygen atoms in total. The van der Waals surface area contributed by atoms with Gasteiger partial charge in [0.1, 0.15) is 0 Å². The molecule has 0 aliphatic heterocycles. The fraction of sp³-hybridized carbons (Fsp3) is 0.100. The predicted molar refractivity (Wildman–Crippen MR) is 70.1 cm³/mol. The fourth-order valence-electron chi connectivity index (χ4n) is 1.24. The summed E-state index contributed by atoms with van der Waals surface area (Å²) in [6.07, 6.45) is 1.70. The molecule has 16 heavy (non-hydrogen) atoms. The van der Waals surface area contributed by atoms with Crippen LogP contribution in [0.1, 0.15) is 5.69 Å². The van der Waals surface area contributed by atoms with Crippen molar-refractivity contribution in [1.29, 1.82) is 0 Å². The lowest BCUT2D eigenvalue weighted by Gasteiger charge is -2.09. The predicted octanol–water partition coefficient (Wildman–Crippen LogP) is 4.09. The summed E-state index contributed by atoms with van der Waals surface area (Å²) in [7, 11) is 0. The van der Waals surface area contributed by atoms with E-state index in [1.807, 2.05) is 18.2 Å². The van der Waals surface area contributed by atoms with Crippen LogP contribution in [0.4, 0.5) is 5.69 Å². The maximum Gasteiger partial charge on any atom is 0.0835 e. The van der Waals surface area contributed by atoms with E-state index in [2.05, 4.69) is 31.4 Å². The summed E-state index contributed by atoms with van der Waals surface area (Å²) < 4.78 is 0.784. The van der Waals surface area contributed by atoms with Crippen LogP contribution in [0.3, 0.4) is 0 Å². The van der Waals surface area contributed by atoms with Crippen LogP contribution in [0.25, 0.3) is 0 Å². The Bertz CT molecular complexity index is 485. The number of nitrogens with zero attached hydrogens (tertiary/aromatic N) is 1. The third kappa shape index (κ3) is 2.51. The number of anilines is 1. The van der Waals surface area contributed by atoms with Crippen LogP contribution < -0.4 is 5.32 Å². The summed E-state index contributed by atoms with van der Waals surface area (Å²) in [5, 5.41) is 10.9. The van der Waals surface area contributed by atoms with Crippen molar-refractivity contribution in [2.45, 2.75) is 6.54 Å². The molecule has 1 aromatic carbocycles. The molecule has 84 valence electrons. The number of H-pyrrole nitrogens is 1. The Morgan fingerprint density at radius 2 is 2.06 bits per heavy atom. The molecule has 0 fully saturated rings. The van der Waals surface area contributed by atoms with Gasteiger partial charge >= 0.3 is 0 Å². The van der Waals surface area contributed by atoms with Crippen molar-refractivity contribution in [2.24, 2.45) is 0 Å². The minimum Gasteiger partial charge on any atom is -0.378 e. The molecule has 2 N–H and O–H groups in total. The Balaban J connectivity index is 2.13. The first kappa shape index (κ1) is 11.8. The highest BCUT2D eigenvalue weighted by Crippen LogP contribution is 2.35. The quantitative estimate of drug-likeness (QED) is 0.836. The molecular formula is C10H8BrCl2N3. The van der Waals surface area contributed by atoms with E-state index >= 15 is 0 Å². The van der Waals surface area contributed by atoms with Crippen LogP contribution in [-0.2, 0) is 6.54 Å². The standard InChI is InChI=1S/C10H8BrCl2N3/c11-7-1-2-8(10(13)9(7)12)14-5-6-3-4-15-16-6/h1-4,14H,5H2,(H,15,16). The van der Waals surface area contributed by atoms with Gasteiger partial charge in [-0.25, -0.2) is 0 Å². The number of aromatic nitrogens is 2. The number of aromatic amines is 1. The van der Waals surface area contributed by atoms with E-state index < -0.39 is 0 Å². The summed E-state index contributed by atoms with van der Waals surface area (Å²) in [5.74, 6) is 0. The highest BCUT2D eigenvalue weighted by Gasteiger charge is 2.07. The highest BCUT2D eigenvalue weighted by atomic mass is 79.9. The van der Waals surface area contributed by atoms with Crippen molar-refractivity contribution < 1.29 is 0 Å². The zero-order valence-corrected chi connectivity index (χ0v) is 11.2. The number of hydrogen-bond acceptors (Lipinski definition) is 2. The summed E-state index contributed by atoms with van der Waals surface area (Å²) in [6, 6.07) is 5.61. The lowest BCUT2D eigenvalue weighted by atomic mass is 10.3. The summed E-state index contributed by atoms with van der Waals surface area (Å²) >= 11 is 15.4. The van der Waals surface area contributed by atoms with Crippen molar-refractivity contribution in [3.8, 4) is 0 Å². The number of hydrogen-bond donors (Lipinski definition) is 2. The average molecular weight is 321 g/mol. The van der Waals surface area contributed by atoms with Crippen molar-refractivity contribution in [3.63, 3.8) is 0 Å². The smallest absolute Gasteiger partial charge is 0.0835 e.